The molecule has 1 fully saturated rings. The number of hydrogen-bond acceptors (Lipinski definition) is 4. The Morgan fingerprint density at radius 3 is 2.75 bits per heavy atom. The molecule has 0 aromatic heterocycles. The van der Waals surface area contributed by atoms with Crippen LogP contribution in [0.5, 0.6) is 11.5 Å². The first kappa shape index (κ1) is 15.1. The molecule has 0 spiro atoms. The Balaban J connectivity index is 1.97. The van der Waals surface area contributed by atoms with Crippen LogP contribution in [0.1, 0.15) is 31.7 Å². The maximum Gasteiger partial charge on any atom is 0.161 e. The van der Waals surface area contributed by atoms with Crippen molar-refractivity contribution in [1.29, 1.82) is 0 Å². The lowest BCUT2D eigenvalue weighted by Crippen LogP contribution is -2.36. The van der Waals surface area contributed by atoms with Gasteiger partial charge in [0.1, 0.15) is 0 Å². The van der Waals surface area contributed by atoms with Crippen molar-refractivity contribution in [3.8, 4) is 11.5 Å². The summed E-state index contributed by atoms with van der Waals surface area (Å²) in [6.07, 6.45) is 3.93. The molecule has 0 amide bonds. The molecule has 4 nitrogen and oxygen atoms in total. The zero-order valence-electron chi connectivity index (χ0n) is 12.6. The third-order valence-corrected chi connectivity index (χ3v) is 3.85. The quantitative estimate of drug-likeness (QED) is 0.833. The SMILES string of the molecule is CCOc1cc(CNC2CCCC2OC)ccc1OC. The molecule has 0 saturated heterocycles. The number of rotatable bonds is 7. The van der Waals surface area contributed by atoms with E-state index in [0.29, 0.717) is 18.8 Å². The van der Waals surface area contributed by atoms with E-state index in [-0.39, 0.29) is 0 Å². The number of hydrogen-bond donors (Lipinski definition) is 1. The summed E-state index contributed by atoms with van der Waals surface area (Å²) in [6, 6.07) is 6.54. The fourth-order valence-corrected chi connectivity index (χ4v) is 2.79. The minimum Gasteiger partial charge on any atom is -0.493 e. The summed E-state index contributed by atoms with van der Waals surface area (Å²) >= 11 is 0. The first-order chi connectivity index (χ1) is 9.78. The first-order valence-corrected chi connectivity index (χ1v) is 7.34. The van der Waals surface area contributed by atoms with Crippen LogP contribution in [0.4, 0.5) is 0 Å². The van der Waals surface area contributed by atoms with E-state index in [0.717, 1.165) is 24.5 Å². The number of methoxy groups -OCH3 is 2. The number of ether oxygens (including phenoxy) is 3. The molecule has 0 aliphatic heterocycles. The second-order valence-corrected chi connectivity index (χ2v) is 5.11. The molecule has 1 aromatic rings. The minimum absolute atomic E-state index is 0.347. The Morgan fingerprint density at radius 1 is 1.20 bits per heavy atom. The molecule has 20 heavy (non-hydrogen) atoms. The topological polar surface area (TPSA) is 39.7 Å². The van der Waals surface area contributed by atoms with Gasteiger partial charge in [-0.3, -0.25) is 0 Å². The molecule has 1 N–H and O–H groups in total. The van der Waals surface area contributed by atoms with Gasteiger partial charge in [-0.05, 0) is 43.9 Å². The molecule has 112 valence electrons. The van der Waals surface area contributed by atoms with Gasteiger partial charge in [0, 0.05) is 19.7 Å². The van der Waals surface area contributed by atoms with E-state index in [1.807, 2.05) is 19.1 Å². The van der Waals surface area contributed by atoms with E-state index < -0.39 is 0 Å². The summed E-state index contributed by atoms with van der Waals surface area (Å²) in [6.45, 7) is 3.45. The average molecular weight is 279 g/mol. The lowest BCUT2D eigenvalue weighted by Gasteiger charge is -2.20. The van der Waals surface area contributed by atoms with Gasteiger partial charge in [-0.1, -0.05) is 6.07 Å². The molecule has 2 unspecified atom stereocenters. The highest BCUT2D eigenvalue weighted by molar-refractivity contribution is 5.42. The fraction of sp³-hybridized carbons (Fsp3) is 0.625. The van der Waals surface area contributed by atoms with Crippen LogP contribution in [0.3, 0.4) is 0 Å². The van der Waals surface area contributed by atoms with Crippen molar-refractivity contribution in [1.82, 2.24) is 5.32 Å². The lowest BCUT2D eigenvalue weighted by atomic mass is 10.1. The normalized spacial score (nSPS) is 21.9. The zero-order valence-corrected chi connectivity index (χ0v) is 12.6. The standard InChI is InChI=1S/C16H25NO3/c1-4-20-16-10-12(8-9-15(16)19-3)11-17-13-6-5-7-14(13)18-2/h8-10,13-14,17H,4-7,11H2,1-3H3. The molecular formula is C16H25NO3. The van der Waals surface area contributed by atoms with E-state index in [9.17, 15) is 0 Å². The van der Waals surface area contributed by atoms with Gasteiger partial charge in [-0.15, -0.1) is 0 Å². The number of nitrogens with one attached hydrogen (secondary N) is 1. The summed E-state index contributed by atoms with van der Waals surface area (Å²) in [7, 11) is 3.46. The lowest BCUT2D eigenvalue weighted by molar-refractivity contribution is 0.0847. The molecular weight excluding hydrogens is 254 g/mol. The van der Waals surface area contributed by atoms with E-state index in [1.165, 1.54) is 18.4 Å². The summed E-state index contributed by atoms with van der Waals surface area (Å²) < 4.78 is 16.4. The Kier molecular flexibility index (Phi) is 5.68. The van der Waals surface area contributed by atoms with Gasteiger partial charge in [-0.2, -0.15) is 0 Å². The highest BCUT2D eigenvalue weighted by Gasteiger charge is 2.26. The maximum absolute atomic E-state index is 5.61. The van der Waals surface area contributed by atoms with E-state index >= 15 is 0 Å². The maximum atomic E-state index is 5.61. The predicted molar refractivity (Wildman–Crippen MR) is 79.4 cm³/mol. The monoisotopic (exact) mass is 279 g/mol. The van der Waals surface area contributed by atoms with E-state index in [1.54, 1.807) is 14.2 Å². The summed E-state index contributed by atoms with van der Waals surface area (Å²) in [4.78, 5) is 0. The Morgan fingerprint density at radius 2 is 2.05 bits per heavy atom. The smallest absolute Gasteiger partial charge is 0.161 e. The van der Waals surface area contributed by atoms with E-state index in [2.05, 4.69) is 11.4 Å². The third-order valence-electron chi connectivity index (χ3n) is 3.85. The molecule has 2 rings (SSSR count). The molecule has 1 aliphatic rings. The van der Waals surface area contributed by atoms with Gasteiger partial charge >= 0.3 is 0 Å². The molecule has 2 atom stereocenters. The second kappa shape index (κ2) is 7.50. The van der Waals surface area contributed by atoms with Crippen molar-refractivity contribution in [3.63, 3.8) is 0 Å². The predicted octanol–water partition coefficient (Wildman–Crippen LogP) is 2.75. The summed E-state index contributed by atoms with van der Waals surface area (Å²) in [5.74, 6) is 1.59. The third kappa shape index (κ3) is 3.64. The van der Waals surface area contributed by atoms with Gasteiger partial charge in [0.2, 0.25) is 0 Å². The van der Waals surface area contributed by atoms with Gasteiger partial charge in [0.25, 0.3) is 0 Å². The van der Waals surface area contributed by atoms with Crippen LogP contribution in [-0.2, 0) is 11.3 Å². The summed E-state index contributed by atoms with van der Waals surface area (Å²) in [5.41, 5.74) is 1.20. The minimum atomic E-state index is 0.347. The van der Waals surface area contributed by atoms with Gasteiger partial charge in [-0.25, -0.2) is 0 Å². The van der Waals surface area contributed by atoms with Crippen molar-refractivity contribution in [3.05, 3.63) is 23.8 Å². The second-order valence-electron chi connectivity index (χ2n) is 5.11. The Hall–Kier alpha value is -1.26. The van der Waals surface area contributed by atoms with Gasteiger partial charge in [0.15, 0.2) is 11.5 Å². The first-order valence-electron chi connectivity index (χ1n) is 7.34. The molecule has 1 aromatic carbocycles. The van der Waals surface area contributed by atoms with Crippen LogP contribution in [0, 0.1) is 0 Å². The highest BCUT2D eigenvalue weighted by Crippen LogP contribution is 2.28. The van der Waals surface area contributed by atoms with Crippen LogP contribution in [-0.4, -0.2) is 33.0 Å². The van der Waals surface area contributed by atoms with Crippen molar-refractivity contribution in [2.45, 2.75) is 44.9 Å². The van der Waals surface area contributed by atoms with Gasteiger partial charge < -0.3 is 19.5 Å². The van der Waals surface area contributed by atoms with Crippen LogP contribution in [0.15, 0.2) is 18.2 Å². The molecule has 1 aliphatic carbocycles. The molecule has 1 saturated carbocycles. The summed E-state index contributed by atoms with van der Waals surface area (Å²) in [5, 5.41) is 3.58. The van der Waals surface area contributed by atoms with Crippen molar-refractivity contribution in [2.24, 2.45) is 0 Å². The van der Waals surface area contributed by atoms with Crippen LogP contribution < -0.4 is 14.8 Å². The molecule has 0 heterocycles. The zero-order chi connectivity index (χ0) is 14.4. The fourth-order valence-electron chi connectivity index (χ4n) is 2.79. The molecule has 0 bridgehead atoms. The van der Waals surface area contributed by atoms with Crippen LogP contribution in [0.25, 0.3) is 0 Å². The Bertz CT molecular complexity index is 422. The largest absolute Gasteiger partial charge is 0.493 e. The van der Waals surface area contributed by atoms with Crippen molar-refractivity contribution < 1.29 is 14.2 Å². The van der Waals surface area contributed by atoms with Crippen molar-refractivity contribution >= 4 is 0 Å². The van der Waals surface area contributed by atoms with Gasteiger partial charge in [0.05, 0.1) is 19.8 Å². The van der Waals surface area contributed by atoms with Crippen molar-refractivity contribution in [2.75, 3.05) is 20.8 Å². The van der Waals surface area contributed by atoms with Crippen LogP contribution >= 0.6 is 0 Å². The average Bonchev–Trinajstić information content (AvgIpc) is 2.93. The molecule has 4 heteroatoms. The van der Waals surface area contributed by atoms with E-state index in [4.69, 9.17) is 14.2 Å². The molecule has 0 radical (unpaired) electrons. The Labute approximate surface area is 121 Å². The number of benzene rings is 1. The van der Waals surface area contributed by atoms with Crippen LogP contribution in [0.2, 0.25) is 0 Å². The highest BCUT2D eigenvalue weighted by atomic mass is 16.5.